The van der Waals surface area contributed by atoms with Crippen molar-refractivity contribution in [2.45, 2.75) is 23.8 Å². The Morgan fingerprint density at radius 1 is 1.50 bits per heavy atom. The highest BCUT2D eigenvalue weighted by Gasteiger charge is 2.23. The van der Waals surface area contributed by atoms with Crippen LogP contribution in [0.4, 0.5) is 0 Å². The van der Waals surface area contributed by atoms with Gasteiger partial charge in [-0.15, -0.1) is 24.0 Å². The van der Waals surface area contributed by atoms with Crippen LogP contribution < -0.4 is 10.6 Å². The summed E-state index contributed by atoms with van der Waals surface area (Å²) < 4.78 is 0. The van der Waals surface area contributed by atoms with Gasteiger partial charge >= 0.3 is 0 Å². The maximum absolute atomic E-state index is 11.5. The van der Waals surface area contributed by atoms with Crippen LogP contribution in [0.5, 0.6) is 0 Å². The number of amides is 2. The minimum absolute atomic E-state index is 0.0368. The minimum atomic E-state index is -0.226. The SMILES string of the molecule is O=C(CNC(=O)c1cc(S)cs1)NC1CC1. The molecule has 86 valence electrons. The van der Waals surface area contributed by atoms with Gasteiger partial charge in [0.15, 0.2) is 0 Å². The van der Waals surface area contributed by atoms with E-state index in [2.05, 4.69) is 23.3 Å². The van der Waals surface area contributed by atoms with Crippen LogP contribution in [-0.4, -0.2) is 24.4 Å². The van der Waals surface area contributed by atoms with Crippen LogP contribution in [0.2, 0.25) is 0 Å². The van der Waals surface area contributed by atoms with Crippen molar-refractivity contribution in [3.05, 3.63) is 16.3 Å². The summed E-state index contributed by atoms with van der Waals surface area (Å²) in [5, 5.41) is 7.15. The summed E-state index contributed by atoms with van der Waals surface area (Å²) in [4.78, 5) is 24.2. The second-order valence-corrected chi connectivity index (χ2v) is 5.12. The number of rotatable bonds is 4. The lowest BCUT2D eigenvalue weighted by Crippen LogP contribution is -2.37. The van der Waals surface area contributed by atoms with Crippen LogP contribution in [0.1, 0.15) is 22.5 Å². The molecule has 0 aliphatic heterocycles. The summed E-state index contributed by atoms with van der Waals surface area (Å²) in [5.74, 6) is -0.352. The molecule has 0 aromatic carbocycles. The highest BCUT2D eigenvalue weighted by Crippen LogP contribution is 2.18. The lowest BCUT2D eigenvalue weighted by molar-refractivity contribution is -0.120. The van der Waals surface area contributed by atoms with E-state index >= 15 is 0 Å². The molecule has 2 amide bonds. The molecule has 1 aromatic rings. The lowest BCUT2D eigenvalue weighted by Gasteiger charge is -2.04. The average Bonchev–Trinajstić information content (AvgIpc) is 2.95. The van der Waals surface area contributed by atoms with Gasteiger partial charge in [-0.3, -0.25) is 9.59 Å². The van der Waals surface area contributed by atoms with Gasteiger partial charge in [0.1, 0.15) is 0 Å². The molecule has 0 unspecified atom stereocenters. The average molecular weight is 256 g/mol. The van der Waals surface area contributed by atoms with E-state index < -0.39 is 0 Å². The molecular formula is C10H12N2O2S2. The van der Waals surface area contributed by atoms with Crippen molar-refractivity contribution in [3.63, 3.8) is 0 Å². The predicted molar refractivity (Wildman–Crippen MR) is 65.1 cm³/mol. The Morgan fingerprint density at radius 2 is 2.25 bits per heavy atom. The fourth-order valence-corrected chi connectivity index (χ4v) is 2.26. The molecule has 0 atom stereocenters. The zero-order chi connectivity index (χ0) is 11.5. The Balaban J connectivity index is 1.76. The highest BCUT2D eigenvalue weighted by molar-refractivity contribution is 7.80. The van der Waals surface area contributed by atoms with Gasteiger partial charge in [0, 0.05) is 16.3 Å². The van der Waals surface area contributed by atoms with E-state index in [1.807, 2.05) is 0 Å². The van der Waals surface area contributed by atoms with E-state index in [9.17, 15) is 9.59 Å². The standard InChI is InChI=1S/C10H12N2O2S2/c13-9(12-6-1-2-6)4-11-10(14)8-3-7(15)5-16-8/h3,5-6,15H,1-2,4H2,(H,11,14)(H,12,13). The summed E-state index contributed by atoms with van der Waals surface area (Å²) in [6, 6.07) is 2.01. The number of carbonyl (C=O) groups is 2. The predicted octanol–water partition coefficient (Wildman–Crippen LogP) is 1.05. The molecule has 1 aromatic heterocycles. The van der Waals surface area contributed by atoms with Gasteiger partial charge in [0.25, 0.3) is 5.91 Å². The molecule has 4 nitrogen and oxygen atoms in total. The van der Waals surface area contributed by atoms with Gasteiger partial charge in [-0.1, -0.05) is 0 Å². The van der Waals surface area contributed by atoms with Crippen LogP contribution in [0.15, 0.2) is 16.3 Å². The van der Waals surface area contributed by atoms with E-state index in [4.69, 9.17) is 0 Å². The normalized spacial score (nSPS) is 14.6. The van der Waals surface area contributed by atoms with E-state index in [0.29, 0.717) is 10.9 Å². The molecule has 0 radical (unpaired) electrons. The number of thiol groups is 1. The number of thiophene rings is 1. The first kappa shape index (κ1) is 11.5. The van der Waals surface area contributed by atoms with Crippen molar-refractivity contribution in [3.8, 4) is 0 Å². The largest absolute Gasteiger partial charge is 0.352 e. The molecule has 16 heavy (non-hydrogen) atoms. The minimum Gasteiger partial charge on any atom is -0.352 e. The number of carbonyl (C=O) groups excluding carboxylic acids is 2. The molecule has 1 aliphatic carbocycles. The van der Waals surface area contributed by atoms with Gasteiger partial charge < -0.3 is 10.6 Å². The third-order valence-electron chi connectivity index (χ3n) is 2.16. The fourth-order valence-electron chi connectivity index (χ4n) is 1.20. The molecule has 0 saturated heterocycles. The molecular weight excluding hydrogens is 244 g/mol. The quantitative estimate of drug-likeness (QED) is 0.705. The van der Waals surface area contributed by atoms with Crippen molar-refractivity contribution < 1.29 is 9.59 Å². The molecule has 0 spiro atoms. The Labute approximate surface area is 103 Å². The van der Waals surface area contributed by atoms with Crippen LogP contribution in [-0.2, 0) is 4.79 Å². The lowest BCUT2D eigenvalue weighted by atomic mass is 10.4. The van der Waals surface area contributed by atoms with E-state index in [1.165, 1.54) is 11.3 Å². The summed E-state index contributed by atoms with van der Waals surface area (Å²) in [5.41, 5.74) is 0. The molecule has 2 rings (SSSR count). The monoisotopic (exact) mass is 256 g/mol. The van der Waals surface area contributed by atoms with Gasteiger partial charge in [-0.05, 0) is 18.9 Å². The van der Waals surface area contributed by atoms with Crippen LogP contribution in [0, 0.1) is 0 Å². The van der Waals surface area contributed by atoms with Crippen LogP contribution in [0.25, 0.3) is 0 Å². The topological polar surface area (TPSA) is 58.2 Å². The molecule has 1 heterocycles. The maximum atomic E-state index is 11.5. The second kappa shape index (κ2) is 4.88. The zero-order valence-electron chi connectivity index (χ0n) is 8.53. The van der Waals surface area contributed by atoms with Crippen LogP contribution >= 0.6 is 24.0 Å². The van der Waals surface area contributed by atoms with Gasteiger partial charge in [-0.2, -0.15) is 0 Å². The molecule has 1 aliphatic rings. The fraction of sp³-hybridized carbons (Fsp3) is 0.400. The Hall–Kier alpha value is -1.01. The first-order chi connectivity index (χ1) is 7.65. The third-order valence-corrected chi connectivity index (χ3v) is 3.52. The summed E-state index contributed by atoms with van der Waals surface area (Å²) >= 11 is 5.43. The first-order valence-corrected chi connectivity index (χ1v) is 6.33. The molecule has 0 bridgehead atoms. The third kappa shape index (κ3) is 3.24. The number of hydrogen-bond acceptors (Lipinski definition) is 4. The molecule has 1 saturated carbocycles. The van der Waals surface area contributed by atoms with Crippen molar-refractivity contribution >= 4 is 35.8 Å². The molecule has 1 fully saturated rings. The van der Waals surface area contributed by atoms with Gasteiger partial charge in [0.2, 0.25) is 5.91 Å². The Bertz CT molecular complexity index is 413. The molecule has 2 N–H and O–H groups in total. The van der Waals surface area contributed by atoms with Crippen molar-refractivity contribution in [1.82, 2.24) is 10.6 Å². The summed E-state index contributed by atoms with van der Waals surface area (Å²) in [6.45, 7) is 0.0368. The van der Waals surface area contributed by atoms with E-state index in [0.717, 1.165) is 17.7 Å². The summed E-state index contributed by atoms with van der Waals surface area (Å²) in [6.07, 6.45) is 2.10. The van der Waals surface area contributed by atoms with Crippen molar-refractivity contribution in [2.24, 2.45) is 0 Å². The highest BCUT2D eigenvalue weighted by atomic mass is 32.1. The van der Waals surface area contributed by atoms with Crippen molar-refractivity contribution in [1.29, 1.82) is 0 Å². The zero-order valence-corrected chi connectivity index (χ0v) is 10.2. The Morgan fingerprint density at radius 3 is 2.81 bits per heavy atom. The maximum Gasteiger partial charge on any atom is 0.261 e. The van der Waals surface area contributed by atoms with Gasteiger partial charge in [0.05, 0.1) is 11.4 Å². The second-order valence-electron chi connectivity index (χ2n) is 3.69. The Kier molecular flexibility index (Phi) is 3.50. The van der Waals surface area contributed by atoms with E-state index in [-0.39, 0.29) is 18.4 Å². The number of hydrogen-bond donors (Lipinski definition) is 3. The van der Waals surface area contributed by atoms with Gasteiger partial charge in [-0.25, -0.2) is 0 Å². The first-order valence-electron chi connectivity index (χ1n) is 5.00. The molecule has 6 heteroatoms. The van der Waals surface area contributed by atoms with Crippen molar-refractivity contribution in [2.75, 3.05) is 6.54 Å². The summed E-state index contributed by atoms with van der Waals surface area (Å²) in [7, 11) is 0. The van der Waals surface area contributed by atoms with E-state index in [1.54, 1.807) is 11.4 Å². The number of nitrogens with one attached hydrogen (secondary N) is 2. The van der Waals surface area contributed by atoms with Crippen LogP contribution in [0.3, 0.4) is 0 Å². The smallest absolute Gasteiger partial charge is 0.261 e.